The topological polar surface area (TPSA) is 106 Å². The van der Waals surface area contributed by atoms with Crippen LogP contribution in [-0.2, 0) is 5.41 Å². The van der Waals surface area contributed by atoms with Gasteiger partial charge in [0.25, 0.3) is 5.69 Å². The van der Waals surface area contributed by atoms with Crippen LogP contribution < -0.4 is 20.1 Å². The quantitative estimate of drug-likeness (QED) is 0.485. The average molecular weight is 469 g/mol. The summed E-state index contributed by atoms with van der Waals surface area (Å²) in [5.74, 6) is 1.45. The number of nitrogens with one attached hydrogen (secondary N) is 2. The van der Waals surface area contributed by atoms with E-state index in [2.05, 4.69) is 34.7 Å². The smallest absolute Gasteiger partial charge is 0.319 e. The van der Waals surface area contributed by atoms with E-state index in [9.17, 15) is 14.9 Å². The van der Waals surface area contributed by atoms with E-state index < -0.39 is 4.92 Å². The van der Waals surface area contributed by atoms with Gasteiger partial charge in [-0.25, -0.2) is 4.79 Å². The number of carbonyl (C=O) groups is 1. The fourth-order valence-electron chi connectivity index (χ4n) is 5.60. The molecule has 2 N–H and O–H groups in total. The van der Waals surface area contributed by atoms with Crippen molar-refractivity contribution in [2.45, 2.75) is 50.1 Å². The van der Waals surface area contributed by atoms with E-state index >= 15 is 0 Å². The summed E-state index contributed by atoms with van der Waals surface area (Å²) >= 11 is 0. The Hall–Kier alpha value is -3.33. The summed E-state index contributed by atoms with van der Waals surface area (Å²) < 4.78 is 11.0. The number of amides is 2. The normalized spacial score (nSPS) is 24.2. The van der Waals surface area contributed by atoms with Crippen LogP contribution in [-0.4, -0.2) is 55.8 Å². The molecule has 9 heteroatoms. The van der Waals surface area contributed by atoms with Crippen molar-refractivity contribution in [1.29, 1.82) is 0 Å². The number of nitro groups is 1. The molecule has 0 spiro atoms. The number of fused-ring (bicyclic) bond motifs is 1. The monoisotopic (exact) mass is 468 g/mol. The van der Waals surface area contributed by atoms with Crippen molar-refractivity contribution >= 4 is 17.4 Å². The number of likely N-dealkylation sites (tertiary alicyclic amines) is 1. The molecule has 2 aromatic carbocycles. The van der Waals surface area contributed by atoms with Gasteiger partial charge in [-0.2, -0.15) is 0 Å². The van der Waals surface area contributed by atoms with E-state index in [-0.39, 0.29) is 29.2 Å². The molecule has 2 aromatic rings. The zero-order valence-corrected chi connectivity index (χ0v) is 20.1. The second-order valence-electron chi connectivity index (χ2n) is 9.30. The number of rotatable bonds is 6. The van der Waals surface area contributed by atoms with E-state index in [0.717, 1.165) is 43.5 Å². The number of ether oxygens (including phenoxy) is 2. The molecule has 0 unspecified atom stereocenters. The zero-order valence-electron chi connectivity index (χ0n) is 20.1. The van der Waals surface area contributed by atoms with Crippen LogP contribution in [0.15, 0.2) is 36.4 Å². The van der Waals surface area contributed by atoms with Crippen LogP contribution in [0.25, 0.3) is 0 Å². The number of aryl methyl sites for hydroxylation is 1. The molecule has 1 aliphatic carbocycles. The third-order valence-corrected chi connectivity index (χ3v) is 7.50. The molecule has 1 saturated carbocycles. The van der Waals surface area contributed by atoms with E-state index in [1.54, 1.807) is 20.3 Å². The van der Waals surface area contributed by atoms with Gasteiger partial charge in [-0.1, -0.05) is 12.1 Å². The minimum atomic E-state index is -0.465. The molecule has 2 amide bonds. The zero-order chi connectivity index (χ0) is 24.5. The molecule has 3 atom stereocenters. The number of nitrogens with zero attached hydrogens (tertiary/aromatic N) is 2. The molecule has 1 saturated heterocycles. The summed E-state index contributed by atoms with van der Waals surface area (Å²) in [6.45, 7) is 2.80. The van der Waals surface area contributed by atoms with E-state index in [4.69, 9.17) is 9.47 Å². The van der Waals surface area contributed by atoms with Crippen LogP contribution >= 0.6 is 0 Å². The lowest BCUT2D eigenvalue weighted by Crippen LogP contribution is -2.52. The van der Waals surface area contributed by atoms with Crippen LogP contribution in [0.2, 0.25) is 0 Å². The van der Waals surface area contributed by atoms with Crippen LogP contribution in [0.5, 0.6) is 11.5 Å². The largest absolute Gasteiger partial charge is 0.493 e. The third kappa shape index (κ3) is 4.40. The maximum atomic E-state index is 12.8. The van der Waals surface area contributed by atoms with Crippen molar-refractivity contribution in [2.24, 2.45) is 0 Å². The Morgan fingerprint density at radius 3 is 2.62 bits per heavy atom. The number of carbonyl (C=O) groups excluding carboxylic acids is 1. The molecular weight excluding hydrogens is 436 g/mol. The molecule has 1 aliphatic heterocycles. The van der Waals surface area contributed by atoms with Crippen LogP contribution in [0.4, 0.5) is 16.2 Å². The average Bonchev–Trinajstić information content (AvgIpc) is 3.16. The number of non-ortho nitro benzene ring substituents is 1. The fourth-order valence-corrected chi connectivity index (χ4v) is 5.60. The minimum absolute atomic E-state index is 0.000409. The highest BCUT2D eigenvalue weighted by atomic mass is 16.6. The minimum Gasteiger partial charge on any atom is -0.493 e. The summed E-state index contributed by atoms with van der Waals surface area (Å²) in [6, 6.07) is 10.6. The molecule has 2 aliphatic rings. The van der Waals surface area contributed by atoms with E-state index in [1.807, 2.05) is 13.0 Å². The number of nitro benzene ring substituents is 1. The molecular formula is C25H32N4O5. The van der Waals surface area contributed by atoms with Gasteiger partial charge in [-0.15, -0.1) is 0 Å². The number of likely N-dealkylation sites (N-methyl/N-ethyl adjacent to an activating group) is 1. The summed E-state index contributed by atoms with van der Waals surface area (Å²) in [5.41, 5.74) is 2.41. The van der Waals surface area contributed by atoms with Gasteiger partial charge < -0.3 is 25.0 Å². The Morgan fingerprint density at radius 1 is 1.15 bits per heavy atom. The molecule has 34 heavy (non-hydrogen) atoms. The Kier molecular flexibility index (Phi) is 6.65. The molecule has 1 heterocycles. The van der Waals surface area contributed by atoms with Crippen LogP contribution in [0.1, 0.15) is 36.8 Å². The molecule has 2 fully saturated rings. The molecule has 9 nitrogen and oxygen atoms in total. The fraction of sp³-hybridized carbons (Fsp3) is 0.480. The summed E-state index contributed by atoms with van der Waals surface area (Å²) in [6.07, 6.45) is 3.67. The van der Waals surface area contributed by atoms with E-state index in [0.29, 0.717) is 11.4 Å². The standard InChI is InChI=1S/C25H32N4O5/c1-16-5-7-19(29(31)32)15-20(16)27-24(30)26-18-9-10-25(11-12-28(2)23(25)14-18)17-6-8-21(33-3)22(13-17)34-4/h5-8,13,15,18,23H,9-12,14H2,1-4H3,(H2,26,27,30)/t18-,23+,25+/m1/s1. The van der Waals surface area contributed by atoms with Crippen LogP contribution in [0.3, 0.4) is 0 Å². The predicted molar refractivity (Wildman–Crippen MR) is 130 cm³/mol. The Balaban J connectivity index is 1.48. The van der Waals surface area contributed by atoms with Crippen molar-refractivity contribution in [3.05, 3.63) is 57.6 Å². The first-order valence-electron chi connectivity index (χ1n) is 11.5. The van der Waals surface area contributed by atoms with Gasteiger partial charge in [0.2, 0.25) is 0 Å². The van der Waals surface area contributed by atoms with Crippen molar-refractivity contribution in [1.82, 2.24) is 10.2 Å². The van der Waals surface area contributed by atoms with Crippen molar-refractivity contribution in [3.8, 4) is 11.5 Å². The van der Waals surface area contributed by atoms with Crippen LogP contribution in [0, 0.1) is 17.0 Å². The lowest BCUT2D eigenvalue weighted by Gasteiger charge is -2.45. The number of benzene rings is 2. The molecule has 0 radical (unpaired) electrons. The number of urea groups is 1. The van der Waals surface area contributed by atoms with Crippen molar-refractivity contribution < 1.29 is 19.2 Å². The Bertz CT molecular complexity index is 1090. The molecule has 0 aromatic heterocycles. The number of hydrogen-bond donors (Lipinski definition) is 2. The van der Waals surface area contributed by atoms with Gasteiger partial charge in [0, 0.05) is 29.6 Å². The lowest BCUT2D eigenvalue weighted by molar-refractivity contribution is -0.384. The van der Waals surface area contributed by atoms with Crippen molar-refractivity contribution in [2.75, 3.05) is 33.1 Å². The number of hydrogen-bond acceptors (Lipinski definition) is 6. The van der Waals surface area contributed by atoms with Crippen molar-refractivity contribution in [3.63, 3.8) is 0 Å². The summed E-state index contributed by atoms with van der Waals surface area (Å²) in [4.78, 5) is 25.8. The highest BCUT2D eigenvalue weighted by Gasteiger charge is 2.50. The second kappa shape index (κ2) is 9.50. The first kappa shape index (κ1) is 23.8. The van der Waals surface area contributed by atoms with Gasteiger partial charge in [0.15, 0.2) is 11.5 Å². The van der Waals surface area contributed by atoms with Gasteiger partial charge in [0.1, 0.15) is 0 Å². The predicted octanol–water partition coefficient (Wildman–Crippen LogP) is 4.24. The van der Waals surface area contributed by atoms with Gasteiger partial charge >= 0.3 is 6.03 Å². The Morgan fingerprint density at radius 2 is 1.91 bits per heavy atom. The highest BCUT2D eigenvalue weighted by molar-refractivity contribution is 5.90. The van der Waals surface area contributed by atoms with Gasteiger partial charge in [-0.3, -0.25) is 10.1 Å². The maximum Gasteiger partial charge on any atom is 0.319 e. The van der Waals surface area contributed by atoms with Gasteiger partial charge in [0.05, 0.1) is 24.8 Å². The summed E-state index contributed by atoms with van der Waals surface area (Å²) in [7, 11) is 5.43. The highest BCUT2D eigenvalue weighted by Crippen LogP contribution is 2.49. The Labute approximate surface area is 199 Å². The first-order valence-corrected chi connectivity index (χ1v) is 11.5. The molecule has 182 valence electrons. The number of methoxy groups -OCH3 is 2. The SMILES string of the molecule is COc1ccc([C@@]23CC[C@@H](NC(=O)Nc4cc([N+](=O)[O-])ccc4C)C[C@@H]2N(C)CC3)cc1OC. The molecule has 4 rings (SSSR count). The van der Waals surface area contributed by atoms with E-state index in [1.165, 1.54) is 17.7 Å². The number of anilines is 1. The summed E-state index contributed by atoms with van der Waals surface area (Å²) in [5, 5.41) is 17.0. The third-order valence-electron chi connectivity index (χ3n) is 7.50. The lowest BCUT2D eigenvalue weighted by atomic mass is 9.65. The second-order valence-corrected chi connectivity index (χ2v) is 9.30. The van der Waals surface area contributed by atoms with Gasteiger partial charge in [-0.05, 0) is 69.5 Å². The maximum absolute atomic E-state index is 12.8. The first-order chi connectivity index (χ1) is 16.3. The molecule has 0 bridgehead atoms.